The Morgan fingerprint density at radius 1 is 1.26 bits per heavy atom. The van der Waals surface area contributed by atoms with E-state index in [0.717, 1.165) is 25.7 Å². The van der Waals surface area contributed by atoms with Crippen LogP contribution in [-0.4, -0.2) is 32.9 Å². The van der Waals surface area contributed by atoms with E-state index in [2.05, 4.69) is 4.72 Å². The van der Waals surface area contributed by atoms with E-state index in [-0.39, 0.29) is 18.5 Å². The number of hydrogen-bond acceptors (Lipinski definition) is 3. The molecule has 1 fully saturated rings. The first-order valence-corrected chi connectivity index (χ1v) is 8.15. The number of nitrogens with one attached hydrogen (secondary N) is 1. The van der Waals surface area contributed by atoms with Crippen LogP contribution in [0.5, 0.6) is 0 Å². The molecule has 114 valence electrons. The Morgan fingerprint density at radius 3 is 2.32 bits per heavy atom. The van der Waals surface area contributed by atoms with Gasteiger partial charge in [0.1, 0.15) is 0 Å². The predicted octanol–water partition coefficient (Wildman–Crippen LogP) is 1.77. The maximum Gasteiger partial charge on any atom is 0.389 e. The Balaban J connectivity index is 2.43. The molecule has 4 nitrogen and oxygen atoms in total. The zero-order valence-electron chi connectivity index (χ0n) is 10.7. The van der Waals surface area contributed by atoms with Gasteiger partial charge in [0, 0.05) is 19.0 Å². The van der Waals surface area contributed by atoms with E-state index in [1.54, 1.807) is 0 Å². The second-order valence-corrected chi connectivity index (χ2v) is 6.92. The van der Waals surface area contributed by atoms with Gasteiger partial charge in [0.05, 0.1) is 5.75 Å². The molecule has 1 saturated carbocycles. The Kier molecular flexibility index (Phi) is 6.07. The lowest BCUT2D eigenvalue weighted by atomic mass is 9.99. The van der Waals surface area contributed by atoms with Crippen molar-refractivity contribution in [3.05, 3.63) is 0 Å². The topological polar surface area (TPSA) is 72.2 Å². The fourth-order valence-corrected chi connectivity index (χ4v) is 3.84. The smallest absolute Gasteiger partial charge is 0.329 e. The van der Waals surface area contributed by atoms with Crippen LogP contribution in [-0.2, 0) is 10.0 Å². The molecule has 1 aliphatic carbocycles. The summed E-state index contributed by atoms with van der Waals surface area (Å²) in [6.07, 6.45) is -1.85. The average molecular weight is 302 g/mol. The van der Waals surface area contributed by atoms with Crippen LogP contribution in [0, 0.1) is 5.92 Å². The number of nitrogens with two attached hydrogens (primary N) is 1. The summed E-state index contributed by atoms with van der Waals surface area (Å²) in [6, 6.07) is -0.349. The van der Waals surface area contributed by atoms with Crippen molar-refractivity contribution >= 4 is 10.0 Å². The lowest BCUT2D eigenvalue weighted by Crippen LogP contribution is -2.45. The molecular weight excluding hydrogens is 281 g/mol. The minimum Gasteiger partial charge on any atom is -0.329 e. The summed E-state index contributed by atoms with van der Waals surface area (Å²) >= 11 is 0. The Hall–Kier alpha value is -0.340. The Labute approximate surface area is 112 Å². The molecule has 0 heterocycles. The molecule has 0 aromatic heterocycles. The normalized spacial score (nSPS) is 19.8. The lowest BCUT2D eigenvalue weighted by Gasteiger charge is -2.23. The summed E-state index contributed by atoms with van der Waals surface area (Å²) in [4.78, 5) is 0. The molecule has 1 atom stereocenters. The van der Waals surface area contributed by atoms with Gasteiger partial charge in [0.15, 0.2) is 0 Å². The maximum atomic E-state index is 12.0. The Morgan fingerprint density at radius 2 is 1.84 bits per heavy atom. The van der Waals surface area contributed by atoms with Crippen molar-refractivity contribution in [1.29, 1.82) is 0 Å². The number of alkyl halides is 3. The van der Waals surface area contributed by atoms with E-state index in [0.29, 0.717) is 0 Å². The summed E-state index contributed by atoms with van der Waals surface area (Å²) < 4.78 is 61.8. The van der Waals surface area contributed by atoms with Gasteiger partial charge in [-0.1, -0.05) is 12.8 Å². The molecule has 1 rings (SSSR count). The van der Waals surface area contributed by atoms with Crippen LogP contribution in [0.4, 0.5) is 13.2 Å². The molecule has 0 radical (unpaired) electrons. The van der Waals surface area contributed by atoms with Gasteiger partial charge >= 0.3 is 6.18 Å². The summed E-state index contributed by atoms with van der Waals surface area (Å²) in [5, 5.41) is 0. The van der Waals surface area contributed by atoms with E-state index < -0.39 is 34.8 Å². The molecule has 3 N–H and O–H groups in total. The first-order chi connectivity index (χ1) is 8.73. The second kappa shape index (κ2) is 6.90. The van der Waals surface area contributed by atoms with Crippen molar-refractivity contribution in [1.82, 2.24) is 4.72 Å². The van der Waals surface area contributed by atoms with Gasteiger partial charge in [-0.3, -0.25) is 0 Å². The van der Waals surface area contributed by atoms with Crippen LogP contribution < -0.4 is 10.5 Å². The van der Waals surface area contributed by atoms with Gasteiger partial charge in [0.2, 0.25) is 10.0 Å². The molecule has 0 spiro atoms. The van der Waals surface area contributed by atoms with Crippen molar-refractivity contribution < 1.29 is 21.6 Å². The summed E-state index contributed by atoms with van der Waals surface area (Å²) in [7, 11) is -3.68. The van der Waals surface area contributed by atoms with Crippen molar-refractivity contribution in [2.24, 2.45) is 11.7 Å². The van der Waals surface area contributed by atoms with Gasteiger partial charge in [-0.15, -0.1) is 0 Å². The fourth-order valence-electron chi connectivity index (χ4n) is 2.45. The first kappa shape index (κ1) is 16.7. The van der Waals surface area contributed by atoms with E-state index in [1.165, 1.54) is 0 Å². The molecular formula is C11H21F3N2O2S. The third-order valence-electron chi connectivity index (χ3n) is 3.43. The minimum absolute atomic E-state index is 0.184. The number of sulfonamides is 1. The van der Waals surface area contributed by atoms with Gasteiger partial charge in [-0.05, 0) is 25.2 Å². The quantitative estimate of drug-likeness (QED) is 0.753. The lowest BCUT2D eigenvalue weighted by molar-refractivity contribution is -0.134. The molecule has 19 heavy (non-hydrogen) atoms. The zero-order chi connectivity index (χ0) is 14.5. The third kappa shape index (κ3) is 6.58. The third-order valence-corrected chi connectivity index (χ3v) is 4.92. The van der Waals surface area contributed by atoms with Crippen molar-refractivity contribution in [2.45, 2.75) is 50.7 Å². The molecule has 0 aromatic rings. The highest BCUT2D eigenvalue weighted by atomic mass is 32.2. The number of halogens is 3. The molecule has 0 aliphatic heterocycles. The van der Waals surface area contributed by atoms with Gasteiger partial charge in [-0.25, -0.2) is 13.1 Å². The van der Waals surface area contributed by atoms with Crippen molar-refractivity contribution in [3.63, 3.8) is 0 Å². The number of hydrogen-bond donors (Lipinski definition) is 2. The van der Waals surface area contributed by atoms with Crippen molar-refractivity contribution in [3.8, 4) is 0 Å². The summed E-state index contributed by atoms with van der Waals surface area (Å²) in [5.41, 5.74) is 5.55. The largest absolute Gasteiger partial charge is 0.389 e. The predicted molar refractivity (Wildman–Crippen MR) is 67.0 cm³/mol. The molecule has 0 aromatic carbocycles. The monoisotopic (exact) mass is 302 g/mol. The average Bonchev–Trinajstić information content (AvgIpc) is 2.77. The number of rotatable bonds is 7. The van der Waals surface area contributed by atoms with E-state index in [1.807, 2.05) is 0 Å². The second-order valence-electron chi connectivity index (χ2n) is 5.04. The van der Waals surface area contributed by atoms with Crippen LogP contribution >= 0.6 is 0 Å². The van der Waals surface area contributed by atoms with Crippen LogP contribution in [0.1, 0.15) is 38.5 Å². The van der Waals surface area contributed by atoms with Gasteiger partial charge < -0.3 is 5.73 Å². The standard InChI is InChI=1S/C11H21F3N2O2S/c12-11(13,14)6-3-7-19(17,18)16-10(8-15)9-4-1-2-5-9/h9-10,16H,1-8,15H2. The van der Waals surface area contributed by atoms with Gasteiger partial charge in [0.25, 0.3) is 0 Å². The molecule has 0 bridgehead atoms. The van der Waals surface area contributed by atoms with E-state index in [4.69, 9.17) is 5.73 Å². The molecule has 1 aliphatic rings. The van der Waals surface area contributed by atoms with E-state index in [9.17, 15) is 21.6 Å². The highest BCUT2D eigenvalue weighted by molar-refractivity contribution is 7.89. The molecule has 0 amide bonds. The summed E-state index contributed by atoms with van der Waals surface area (Å²) in [5.74, 6) is -0.294. The maximum absolute atomic E-state index is 12.0. The molecule has 8 heteroatoms. The fraction of sp³-hybridized carbons (Fsp3) is 1.00. The Bertz CT molecular complexity index is 365. The highest BCUT2D eigenvalue weighted by Crippen LogP contribution is 2.28. The summed E-state index contributed by atoms with van der Waals surface area (Å²) in [6.45, 7) is 0.184. The van der Waals surface area contributed by atoms with Crippen LogP contribution in [0.25, 0.3) is 0 Å². The molecule has 1 unspecified atom stereocenters. The molecule has 0 saturated heterocycles. The first-order valence-electron chi connectivity index (χ1n) is 6.50. The SMILES string of the molecule is NCC(NS(=O)(=O)CCCC(F)(F)F)C1CCCC1. The van der Waals surface area contributed by atoms with Crippen LogP contribution in [0.2, 0.25) is 0 Å². The van der Waals surface area contributed by atoms with Crippen LogP contribution in [0.3, 0.4) is 0 Å². The van der Waals surface area contributed by atoms with Crippen LogP contribution in [0.15, 0.2) is 0 Å². The zero-order valence-corrected chi connectivity index (χ0v) is 11.6. The minimum atomic E-state index is -4.31. The van der Waals surface area contributed by atoms with E-state index >= 15 is 0 Å². The van der Waals surface area contributed by atoms with Gasteiger partial charge in [-0.2, -0.15) is 13.2 Å². The van der Waals surface area contributed by atoms with Crippen molar-refractivity contribution in [2.75, 3.05) is 12.3 Å². The highest BCUT2D eigenvalue weighted by Gasteiger charge is 2.30.